The minimum Gasteiger partial charge on any atom is -0.351 e. The number of nitrogens with zero attached hydrogens (tertiary/aromatic N) is 2. The fraction of sp³-hybridized carbons (Fsp3) is 0.350. The molecule has 2 heterocycles. The first-order chi connectivity index (χ1) is 12.5. The third-order valence-corrected chi connectivity index (χ3v) is 4.38. The van der Waals surface area contributed by atoms with Crippen LogP contribution in [0.1, 0.15) is 41.9 Å². The van der Waals surface area contributed by atoms with E-state index in [-0.39, 0.29) is 11.9 Å². The van der Waals surface area contributed by atoms with Crippen molar-refractivity contribution < 1.29 is 9.59 Å². The van der Waals surface area contributed by atoms with Crippen molar-refractivity contribution >= 4 is 17.6 Å². The number of nitrogens with one attached hydrogen (secondary N) is 2. The summed E-state index contributed by atoms with van der Waals surface area (Å²) in [5.41, 5.74) is 3.27. The summed E-state index contributed by atoms with van der Waals surface area (Å²) in [5, 5.41) is 5.68. The van der Waals surface area contributed by atoms with Gasteiger partial charge in [-0.25, -0.2) is 9.78 Å². The van der Waals surface area contributed by atoms with E-state index in [1.54, 1.807) is 17.0 Å². The summed E-state index contributed by atoms with van der Waals surface area (Å²) in [7, 11) is 0. The SMILES string of the molecule is CC(C)CCNC(=O)c1ccc(NC(=O)N2Cc3ccccc3C2)cn1. The summed E-state index contributed by atoms with van der Waals surface area (Å²) in [6.45, 7) is 6.06. The largest absolute Gasteiger partial charge is 0.351 e. The molecule has 0 radical (unpaired) electrons. The monoisotopic (exact) mass is 352 g/mol. The van der Waals surface area contributed by atoms with Gasteiger partial charge in [-0.3, -0.25) is 4.79 Å². The number of carbonyl (C=O) groups excluding carboxylic acids is 2. The van der Waals surface area contributed by atoms with Crippen LogP contribution in [0, 0.1) is 5.92 Å². The molecule has 1 aliphatic rings. The second-order valence-corrected chi connectivity index (χ2v) is 6.93. The number of benzene rings is 1. The fourth-order valence-electron chi connectivity index (χ4n) is 2.85. The van der Waals surface area contributed by atoms with Gasteiger partial charge in [-0.2, -0.15) is 0 Å². The topological polar surface area (TPSA) is 74.3 Å². The average molecular weight is 352 g/mol. The molecule has 0 atom stereocenters. The number of pyridine rings is 1. The Kier molecular flexibility index (Phi) is 5.51. The Balaban J connectivity index is 1.53. The molecular weight excluding hydrogens is 328 g/mol. The summed E-state index contributed by atoms with van der Waals surface area (Å²) in [4.78, 5) is 30.3. The molecule has 6 nitrogen and oxygen atoms in total. The van der Waals surface area contributed by atoms with Crippen LogP contribution in [0.25, 0.3) is 0 Å². The van der Waals surface area contributed by atoms with Crippen LogP contribution in [0.4, 0.5) is 10.5 Å². The van der Waals surface area contributed by atoms with Crippen LogP contribution in [-0.2, 0) is 13.1 Å². The van der Waals surface area contributed by atoms with Crippen molar-refractivity contribution in [3.63, 3.8) is 0 Å². The van der Waals surface area contributed by atoms with Crippen molar-refractivity contribution in [1.82, 2.24) is 15.2 Å². The molecule has 0 saturated heterocycles. The van der Waals surface area contributed by atoms with Gasteiger partial charge in [0.25, 0.3) is 5.91 Å². The van der Waals surface area contributed by atoms with Crippen molar-refractivity contribution in [3.8, 4) is 0 Å². The smallest absolute Gasteiger partial charge is 0.322 e. The Morgan fingerprint density at radius 2 is 1.81 bits per heavy atom. The first-order valence-electron chi connectivity index (χ1n) is 8.90. The van der Waals surface area contributed by atoms with Crippen LogP contribution in [-0.4, -0.2) is 28.4 Å². The number of urea groups is 1. The summed E-state index contributed by atoms with van der Waals surface area (Å²) < 4.78 is 0. The van der Waals surface area contributed by atoms with Gasteiger partial charge in [-0.15, -0.1) is 0 Å². The lowest BCUT2D eigenvalue weighted by Gasteiger charge is -2.16. The van der Waals surface area contributed by atoms with Crippen molar-refractivity contribution in [2.45, 2.75) is 33.4 Å². The number of anilines is 1. The molecular formula is C20H24N4O2. The Morgan fingerprint density at radius 1 is 1.12 bits per heavy atom. The summed E-state index contributed by atoms with van der Waals surface area (Å²) in [6.07, 6.45) is 2.44. The fourth-order valence-corrected chi connectivity index (χ4v) is 2.85. The molecule has 3 rings (SSSR count). The van der Waals surface area contributed by atoms with Gasteiger partial charge < -0.3 is 15.5 Å². The minimum atomic E-state index is -0.196. The number of fused-ring (bicyclic) bond motifs is 1. The number of aromatic nitrogens is 1. The maximum Gasteiger partial charge on any atom is 0.322 e. The second-order valence-electron chi connectivity index (χ2n) is 6.93. The molecule has 2 aromatic rings. The molecule has 0 fully saturated rings. The van der Waals surface area contributed by atoms with E-state index in [0.717, 1.165) is 6.42 Å². The van der Waals surface area contributed by atoms with Crippen molar-refractivity contribution in [2.24, 2.45) is 5.92 Å². The van der Waals surface area contributed by atoms with Crippen LogP contribution in [0.2, 0.25) is 0 Å². The normalized spacial score (nSPS) is 12.8. The highest BCUT2D eigenvalue weighted by atomic mass is 16.2. The molecule has 0 bridgehead atoms. The highest BCUT2D eigenvalue weighted by Gasteiger charge is 2.22. The van der Waals surface area contributed by atoms with Gasteiger partial charge >= 0.3 is 6.03 Å². The van der Waals surface area contributed by atoms with Gasteiger partial charge in [0, 0.05) is 19.6 Å². The molecule has 1 aromatic heterocycles. The highest BCUT2D eigenvalue weighted by molar-refractivity contribution is 5.93. The highest BCUT2D eigenvalue weighted by Crippen LogP contribution is 2.22. The van der Waals surface area contributed by atoms with E-state index in [0.29, 0.717) is 36.9 Å². The van der Waals surface area contributed by atoms with E-state index in [1.807, 2.05) is 24.3 Å². The van der Waals surface area contributed by atoms with E-state index in [9.17, 15) is 9.59 Å². The van der Waals surface area contributed by atoms with Crippen molar-refractivity contribution in [1.29, 1.82) is 0 Å². The Labute approximate surface area is 153 Å². The molecule has 26 heavy (non-hydrogen) atoms. The second kappa shape index (κ2) is 7.99. The van der Waals surface area contributed by atoms with E-state index < -0.39 is 0 Å². The molecule has 136 valence electrons. The van der Waals surface area contributed by atoms with Crippen LogP contribution in [0.15, 0.2) is 42.6 Å². The van der Waals surface area contributed by atoms with Crippen molar-refractivity contribution in [3.05, 3.63) is 59.4 Å². The van der Waals surface area contributed by atoms with Gasteiger partial charge in [0.1, 0.15) is 5.69 Å². The lowest BCUT2D eigenvalue weighted by atomic mass is 10.1. The van der Waals surface area contributed by atoms with E-state index in [2.05, 4.69) is 29.5 Å². The van der Waals surface area contributed by atoms with Gasteiger partial charge in [0.05, 0.1) is 11.9 Å². The molecule has 2 N–H and O–H groups in total. The Bertz CT molecular complexity index is 762. The third-order valence-electron chi connectivity index (χ3n) is 4.38. The first-order valence-corrected chi connectivity index (χ1v) is 8.90. The zero-order chi connectivity index (χ0) is 18.5. The Hall–Kier alpha value is -2.89. The van der Waals surface area contributed by atoms with Gasteiger partial charge in [-0.05, 0) is 35.6 Å². The summed E-state index contributed by atoms with van der Waals surface area (Å²) >= 11 is 0. The predicted molar refractivity (Wildman–Crippen MR) is 101 cm³/mol. The predicted octanol–water partition coefficient (Wildman–Crippen LogP) is 3.41. The Morgan fingerprint density at radius 3 is 2.38 bits per heavy atom. The maximum atomic E-state index is 12.4. The van der Waals surface area contributed by atoms with E-state index in [1.165, 1.54) is 17.3 Å². The number of amides is 3. The zero-order valence-electron chi connectivity index (χ0n) is 15.2. The standard InChI is InChI=1S/C20H24N4O2/c1-14(2)9-10-21-19(25)18-8-7-17(11-22-18)23-20(26)24-12-15-5-3-4-6-16(15)13-24/h3-8,11,14H,9-10,12-13H2,1-2H3,(H,21,25)(H,23,26). The quantitative estimate of drug-likeness (QED) is 0.866. The zero-order valence-corrected chi connectivity index (χ0v) is 15.2. The first kappa shape index (κ1) is 17.9. The number of hydrogen-bond acceptors (Lipinski definition) is 3. The lowest BCUT2D eigenvalue weighted by Crippen LogP contribution is -2.30. The molecule has 1 aliphatic heterocycles. The van der Waals surface area contributed by atoms with Gasteiger partial charge in [0.15, 0.2) is 0 Å². The molecule has 0 aliphatic carbocycles. The summed E-state index contributed by atoms with van der Waals surface area (Å²) in [6, 6.07) is 11.2. The molecule has 0 unspecified atom stereocenters. The van der Waals surface area contributed by atoms with E-state index >= 15 is 0 Å². The van der Waals surface area contributed by atoms with Crippen LogP contribution >= 0.6 is 0 Å². The average Bonchev–Trinajstić information content (AvgIpc) is 3.06. The molecule has 1 aromatic carbocycles. The van der Waals surface area contributed by atoms with Crippen LogP contribution in [0.3, 0.4) is 0 Å². The molecule has 3 amide bonds. The molecule has 6 heteroatoms. The number of carbonyl (C=O) groups is 2. The number of hydrogen-bond donors (Lipinski definition) is 2. The summed E-state index contributed by atoms with van der Waals surface area (Å²) in [5.74, 6) is 0.344. The van der Waals surface area contributed by atoms with Crippen LogP contribution in [0.5, 0.6) is 0 Å². The number of rotatable bonds is 5. The van der Waals surface area contributed by atoms with E-state index in [4.69, 9.17) is 0 Å². The molecule has 0 saturated carbocycles. The third kappa shape index (κ3) is 4.39. The minimum absolute atomic E-state index is 0.169. The van der Waals surface area contributed by atoms with Crippen LogP contribution < -0.4 is 10.6 Å². The van der Waals surface area contributed by atoms with Crippen molar-refractivity contribution in [2.75, 3.05) is 11.9 Å². The molecule has 0 spiro atoms. The maximum absolute atomic E-state index is 12.4. The lowest BCUT2D eigenvalue weighted by molar-refractivity contribution is 0.0947. The van der Waals surface area contributed by atoms with Gasteiger partial charge in [-0.1, -0.05) is 38.1 Å². The van der Waals surface area contributed by atoms with Gasteiger partial charge in [0.2, 0.25) is 0 Å².